The lowest BCUT2D eigenvalue weighted by Gasteiger charge is -1.97. The van der Waals surface area contributed by atoms with Crippen LogP contribution in [0.25, 0.3) is 0 Å². The average Bonchev–Trinajstić information content (AvgIpc) is 2.83. The summed E-state index contributed by atoms with van der Waals surface area (Å²) in [6.07, 6.45) is 4.25. The Labute approximate surface area is 99.5 Å². The Kier molecular flexibility index (Phi) is 3.53. The van der Waals surface area contributed by atoms with Crippen molar-refractivity contribution in [1.82, 2.24) is 10.2 Å². The molecule has 2 rings (SSSR count). The van der Waals surface area contributed by atoms with E-state index in [1.165, 1.54) is 11.3 Å². The number of hydrogen-bond acceptors (Lipinski definition) is 4. The quantitative estimate of drug-likeness (QED) is 0.858. The molecule has 1 fully saturated rings. The summed E-state index contributed by atoms with van der Waals surface area (Å²) in [4.78, 5) is 11.6. The van der Waals surface area contributed by atoms with Crippen molar-refractivity contribution >= 4 is 22.4 Å². The summed E-state index contributed by atoms with van der Waals surface area (Å²) in [5.74, 6) is 0.834. The highest BCUT2D eigenvalue weighted by atomic mass is 32.1. The minimum atomic E-state index is 0.102. The van der Waals surface area contributed by atoms with Crippen LogP contribution in [0.5, 0.6) is 0 Å². The molecule has 2 unspecified atom stereocenters. The Morgan fingerprint density at radius 1 is 1.56 bits per heavy atom. The number of amides is 1. The smallest absolute Gasteiger partial charge is 0.229 e. The molecule has 1 heterocycles. The monoisotopic (exact) mass is 239 g/mol. The lowest BCUT2D eigenvalue weighted by molar-refractivity contribution is -0.117. The van der Waals surface area contributed by atoms with Gasteiger partial charge in [-0.25, -0.2) is 0 Å². The minimum absolute atomic E-state index is 0.102. The number of rotatable bonds is 5. The Hall–Kier alpha value is -0.970. The van der Waals surface area contributed by atoms with E-state index in [4.69, 9.17) is 0 Å². The van der Waals surface area contributed by atoms with Gasteiger partial charge in [-0.1, -0.05) is 31.6 Å². The molecule has 1 aliphatic carbocycles. The van der Waals surface area contributed by atoms with Gasteiger partial charge in [0.2, 0.25) is 11.0 Å². The molecule has 0 aromatic carbocycles. The number of hydrogen-bond donors (Lipinski definition) is 1. The summed E-state index contributed by atoms with van der Waals surface area (Å²) in [6.45, 7) is 4.25. The standard InChI is InChI=1S/C11H17N3OS/c1-3-4-5-9-13-14-11(16-9)12-10(15)8-6-7(8)2/h7-8H,3-6H2,1-2H3,(H,12,14,15). The van der Waals surface area contributed by atoms with Gasteiger partial charge in [0.15, 0.2) is 0 Å². The highest BCUT2D eigenvalue weighted by Gasteiger charge is 2.39. The zero-order valence-corrected chi connectivity index (χ0v) is 10.5. The van der Waals surface area contributed by atoms with E-state index in [0.29, 0.717) is 11.0 Å². The third-order valence-electron chi connectivity index (χ3n) is 2.89. The van der Waals surface area contributed by atoms with Gasteiger partial charge in [-0.3, -0.25) is 4.79 Å². The molecule has 4 nitrogen and oxygen atoms in total. The first kappa shape index (κ1) is 11.5. The average molecular weight is 239 g/mol. The fourth-order valence-electron chi connectivity index (χ4n) is 1.62. The van der Waals surface area contributed by atoms with Crippen LogP contribution in [0.3, 0.4) is 0 Å². The first-order valence-electron chi connectivity index (χ1n) is 5.84. The molecule has 1 aromatic rings. The summed E-state index contributed by atoms with van der Waals surface area (Å²) >= 11 is 1.49. The predicted molar refractivity (Wildman–Crippen MR) is 64.4 cm³/mol. The van der Waals surface area contributed by atoms with Crippen molar-refractivity contribution in [2.24, 2.45) is 11.8 Å². The van der Waals surface area contributed by atoms with Crippen LogP contribution < -0.4 is 5.32 Å². The Bertz CT molecular complexity index is 377. The molecule has 0 radical (unpaired) electrons. The number of nitrogens with zero attached hydrogens (tertiary/aromatic N) is 2. The van der Waals surface area contributed by atoms with Gasteiger partial charge >= 0.3 is 0 Å². The second kappa shape index (κ2) is 4.91. The van der Waals surface area contributed by atoms with Crippen LogP contribution in [0.15, 0.2) is 0 Å². The summed E-state index contributed by atoms with van der Waals surface area (Å²) < 4.78 is 0. The number of unbranched alkanes of at least 4 members (excludes halogenated alkanes) is 1. The van der Waals surface area contributed by atoms with Crippen molar-refractivity contribution in [1.29, 1.82) is 0 Å². The maximum absolute atomic E-state index is 11.6. The zero-order chi connectivity index (χ0) is 11.5. The van der Waals surface area contributed by atoms with E-state index in [0.717, 1.165) is 30.7 Å². The first-order valence-corrected chi connectivity index (χ1v) is 6.65. The van der Waals surface area contributed by atoms with Crippen LogP contribution in [0.4, 0.5) is 5.13 Å². The topological polar surface area (TPSA) is 54.9 Å². The normalized spacial score (nSPS) is 23.1. The lowest BCUT2D eigenvalue weighted by Crippen LogP contribution is -2.14. The van der Waals surface area contributed by atoms with Gasteiger partial charge in [0.25, 0.3) is 0 Å². The number of carbonyl (C=O) groups excluding carboxylic acids is 1. The van der Waals surface area contributed by atoms with E-state index in [1.807, 2.05) is 0 Å². The molecule has 88 valence electrons. The predicted octanol–water partition coefficient (Wildman–Crippen LogP) is 2.48. The SMILES string of the molecule is CCCCc1nnc(NC(=O)C2CC2C)s1. The molecule has 0 bridgehead atoms. The minimum Gasteiger partial charge on any atom is -0.300 e. The van der Waals surface area contributed by atoms with Crippen molar-refractivity contribution in [3.8, 4) is 0 Å². The number of aryl methyl sites for hydroxylation is 1. The van der Waals surface area contributed by atoms with Crippen LogP contribution in [0.2, 0.25) is 0 Å². The van der Waals surface area contributed by atoms with Crippen molar-refractivity contribution in [2.75, 3.05) is 5.32 Å². The molecule has 0 saturated heterocycles. The summed E-state index contributed by atoms with van der Waals surface area (Å²) in [5, 5.41) is 12.5. The van der Waals surface area contributed by atoms with Gasteiger partial charge < -0.3 is 5.32 Å². The largest absolute Gasteiger partial charge is 0.300 e. The van der Waals surface area contributed by atoms with Gasteiger partial charge in [0.05, 0.1) is 0 Å². The molecule has 1 aliphatic rings. The van der Waals surface area contributed by atoms with E-state index in [1.54, 1.807) is 0 Å². The summed E-state index contributed by atoms with van der Waals surface area (Å²) in [7, 11) is 0. The number of anilines is 1. The van der Waals surface area contributed by atoms with Crippen LogP contribution in [0.1, 0.15) is 38.1 Å². The molecule has 1 N–H and O–H groups in total. The third-order valence-corrected chi connectivity index (χ3v) is 3.79. The second-order valence-corrected chi connectivity index (χ2v) is 5.48. The van der Waals surface area contributed by atoms with Gasteiger partial charge in [-0.05, 0) is 18.8 Å². The van der Waals surface area contributed by atoms with Crippen molar-refractivity contribution < 1.29 is 4.79 Å². The van der Waals surface area contributed by atoms with Gasteiger partial charge in [0.1, 0.15) is 5.01 Å². The fraction of sp³-hybridized carbons (Fsp3) is 0.727. The highest BCUT2D eigenvalue weighted by molar-refractivity contribution is 7.15. The lowest BCUT2D eigenvalue weighted by atomic mass is 10.3. The molecule has 16 heavy (non-hydrogen) atoms. The van der Waals surface area contributed by atoms with E-state index in [2.05, 4.69) is 29.4 Å². The van der Waals surface area contributed by atoms with Crippen molar-refractivity contribution in [2.45, 2.75) is 39.5 Å². The maximum atomic E-state index is 11.6. The first-order chi connectivity index (χ1) is 7.70. The van der Waals surface area contributed by atoms with Crippen LogP contribution in [0, 0.1) is 11.8 Å². The Morgan fingerprint density at radius 2 is 2.31 bits per heavy atom. The van der Waals surface area contributed by atoms with E-state index in [9.17, 15) is 4.79 Å². The van der Waals surface area contributed by atoms with E-state index in [-0.39, 0.29) is 11.8 Å². The molecule has 0 aliphatic heterocycles. The van der Waals surface area contributed by atoms with Gasteiger partial charge in [-0.2, -0.15) is 0 Å². The summed E-state index contributed by atoms with van der Waals surface area (Å²) in [5.41, 5.74) is 0. The molecule has 5 heteroatoms. The fourth-order valence-corrected chi connectivity index (χ4v) is 2.40. The molecular weight excluding hydrogens is 222 g/mol. The Balaban J connectivity index is 1.85. The van der Waals surface area contributed by atoms with Crippen molar-refractivity contribution in [3.05, 3.63) is 5.01 Å². The van der Waals surface area contributed by atoms with Crippen LogP contribution in [-0.4, -0.2) is 16.1 Å². The number of nitrogens with one attached hydrogen (secondary N) is 1. The molecule has 1 aromatic heterocycles. The molecule has 2 atom stereocenters. The van der Waals surface area contributed by atoms with E-state index >= 15 is 0 Å². The van der Waals surface area contributed by atoms with E-state index < -0.39 is 0 Å². The van der Waals surface area contributed by atoms with Crippen LogP contribution >= 0.6 is 11.3 Å². The van der Waals surface area contributed by atoms with Gasteiger partial charge in [0, 0.05) is 12.3 Å². The maximum Gasteiger partial charge on any atom is 0.229 e. The zero-order valence-electron chi connectivity index (χ0n) is 9.69. The van der Waals surface area contributed by atoms with Crippen molar-refractivity contribution in [3.63, 3.8) is 0 Å². The molecule has 1 amide bonds. The molecule has 1 saturated carbocycles. The number of aromatic nitrogens is 2. The Morgan fingerprint density at radius 3 is 2.94 bits per heavy atom. The van der Waals surface area contributed by atoms with Crippen LogP contribution in [-0.2, 0) is 11.2 Å². The molecule has 0 spiro atoms. The van der Waals surface area contributed by atoms with Gasteiger partial charge in [-0.15, -0.1) is 10.2 Å². The number of carbonyl (C=O) groups is 1. The highest BCUT2D eigenvalue weighted by Crippen LogP contribution is 2.38. The molecular formula is C11H17N3OS. The second-order valence-electron chi connectivity index (χ2n) is 4.41. The summed E-state index contributed by atoms with van der Waals surface area (Å²) in [6, 6.07) is 0. The third kappa shape index (κ3) is 2.78.